The summed E-state index contributed by atoms with van der Waals surface area (Å²) in [6, 6.07) is 4.19. The van der Waals surface area contributed by atoms with Crippen LogP contribution in [0.4, 0.5) is 0 Å². The molecule has 1 saturated heterocycles. The number of hydrogen-bond donors (Lipinski definition) is 2. The van der Waals surface area contributed by atoms with Gasteiger partial charge in [0.15, 0.2) is 0 Å². The van der Waals surface area contributed by atoms with Gasteiger partial charge in [0.25, 0.3) is 10.2 Å². The summed E-state index contributed by atoms with van der Waals surface area (Å²) in [5.41, 5.74) is 5.52. The lowest BCUT2D eigenvalue weighted by molar-refractivity contribution is 0.465. The molecule has 1 aromatic carbocycles. The van der Waals surface area contributed by atoms with Gasteiger partial charge in [0, 0.05) is 30.7 Å². The molecule has 3 rings (SSSR count). The highest BCUT2D eigenvalue weighted by atomic mass is 32.2. The molecule has 1 aromatic heterocycles. The fourth-order valence-corrected chi connectivity index (χ4v) is 4.38. The lowest BCUT2D eigenvalue weighted by Gasteiger charge is -2.16. The fraction of sp³-hybridized carbons (Fsp3) is 0.500. The lowest BCUT2D eigenvalue weighted by atomic mass is 10.1. The first kappa shape index (κ1) is 15.5. The summed E-state index contributed by atoms with van der Waals surface area (Å²) in [4.78, 5) is 3.38. The third-order valence-electron chi connectivity index (χ3n) is 4.49. The van der Waals surface area contributed by atoms with E-state index in [1.54, 1.807) is 0 Å². The van der Waals surface area contributed by atoms with Crippen molar-refractivity contribution in [3.63, 3.8) is 0 Å². The zero-order valence-electron chi connectivity index (χ0n) is 13.4. The molecular formula is C16H23N3O2S. The molecule has 0 radical (unpaired) electrons. The minimum absolute atomic E-state index is 0.316. The van der Waals surface area contributed by atoms with Gasteiger partial charge in [0.1, 0.15) is 0 Å². The first-order chi connectivity index (χ1) is 10.4. The summed E-state index contributed by atoms with van der Waals surface area (Å²) in [6.07, 6.45) is 1.90. The summed E-state index contributed by atoms with van der Waals surface area (Å²) in [7, 11) is -3.37. The Morgan fingerprint density at radius 3 is 2.55 bits per heavy atom. The second-order valence-electron chi connectivity index (χ2n) is 6.15. The Kier molecular flexibility index (Phi) is 4.01. The van der Waals surface area contributed by atoms with Crippen molar-refractivity contribution in [2.45, 2.75) is 40.2 Å². The van der Waals surface area contributed by atoms with E-state index < -0.39 is 10.2 Å². The minimum Gasteiger partial charge on any atom is -0.358 e. The van der Waals surface area contributed by atoms with Crippen LogP contribution in [0.3, 0.4) is 0 Å². The molecule has 0 amide bonds. The van der Waals surface area contributed by atoms with Gasteiger partial charge in [-0.05, 0) is 50.8 Å². The number of aryl methyl sites for hydroxylation is 3. The van der Waals surface area contributed by atoms with Gasteiger partial charge >= 0.3 is 0 Å². The van der Waals surface area contributed by atoms with Crippen LogP contribution in [0.25, 0.3) is 10.9 Å². The van der Waals surface area contributed by atoms with E-state index in [1.807, 2.05) is 19.9 Å². The van der Waals surface area contributed by atoms with E-state index in [2.05, 4.69) is 22.7 Å². The van der Waals surface area contributed by atoms with Crippen LogP contribution < -0.4 is 4.72 Å². The molecule has 0 unspecified atom stereocenters. The number of aromatic amines is 1. The van der Waals surface area contributed by atoms with Crippen molar-refractivity contribution in [3.05, 3.63) is 34.5 Å². The van der Waals surface area contributed by atoms with Crippen LogP contribution in [0.15, 0.2) is 12.1 Å². The van der Waals surface area contributed by atoms with Crippen LogP contribution in [-0.2, 0) is 16.8 Å². The highest BCUT2D eigenvalue weighted by molar-refractivity contribution is 7.87. The SMILES string of the molecule is Cc1cc(CNS(=O)(=O)N2CCCC2)c2[nH]c(C)c(C)c2c1. The zero-order chi connectivity index (χ0) is 15.9. The molecule has 5 nitrogen and oxygen atoms in total. The molecule has 0 saturated carbocycles. The molecule has 1 aliphatic heterocycles. The van der Waals surface area contributed by atoms with Gasteiger partial charge in [-0.25, -0.2) is 0 Å². The van der Waals surface area contributed by atoms with E-state index in [1.165, 1.54) is 15.3 Å². The van der Waals surface area contributed by atoms with E-state index >= 15 is 0 Å². The number of fused-ring (bicyclic) bond motifs is 1. The number of nitrogens with zero attached hydrogens (tertiary/aromatic N) is 1. The highest BCUT2D eigenvalue weighted by Gasteiger charge is 2.25. The molecule has 0 spiro atoms. The lowest BCUT2D eigenvalue weighted by Crippen LogP contribution is -2.38. The maximum Gasteiger partial charge on any atom is 0.279 e. The average molecular weight is 321 g/mol. The normalized spacial score (nSPS) is 16.7. The van der Waals surface area contributed by atoms with Crippen LogP contribution in [-0.4, -0.2) is 30.8 Å². The summed E-state index contributed by atoms with van der Waals surface area (Å²) in [5, 5.41) is 1.17. The molecule has 2 aromatic rings. The van der Waals surface area contributed by atoms with Crippen molar-refractivity contribution in [3.8, 4) is 0 Å². The molecule has 2 heterocycles. The Balaban J connectivity index is 1.89. The number of aromatic nitrogens is 1. The van der Waals surface area contributed by atoms with Gasteiger partial charge in [-0.2, -0.15) is 17.4 Å². The Morgan fingerprint density at radius 2 is 1.86 bits per heavy atom. The molecule has 0 aliphatic carbocycles. The predicted octanol–water partition coefficient (Wildman–Crippen LogP) is 2.52. The first-order valence-corrected chi connectivity index (χ1v) is 9.15. The Labute approximate surface area is 131 Å². The monoisotopic (exact) mass is 321 g/mol. The average Bonchev–Trinajstić information content (AvgIpc) is 3.08. The molecular weight excluding hydrogens is 298 g/mol. The maximum absolute atomic E-state index is 12.3. The van der Waals surface area contributed by atoms with E-state index in [0.717, 1.165) is 35.2 Å². The second kappa shape index (κ2) is 5.68. The van der Waals surface area contributed by atoms with Gasteiger partial charge in [-0.1, -0.05) is 11.6 Å². The van der Waals surface area contributed by atoms with Crippen LogP contribution in [0.5, 0.6) is 0 Å². The van der Waals surface area contributed by atoms with Crippen molar-refractivity contribution in [2.75, 3.05) is 13.1 Å². The number of benzene rings is 1. The number of rotatable bonds is 4. The first-order valence-electron chi connectivity index (χ1n) is 7.71. The van der Waals surface area contributed by atoms with Crippen LogP contribution in [0, 0.1) is 20.8 Å². The minimum atomic E-state index is -3.37. The van der Waals surface area contributed by atoms with Crippen molar-refractivity contribution < 1.29 is 8.42 Å². The molecule has 0 atom stereocenters. The van der Waals surface area contributed by atoms with Crippen molar-refractivity contribution in [1.82, 2.24) is 14.0 Å². The quantitative estimate of drug-likeness (QED) is 0.909. The van der Waals surface area contributed by atoms with E-state index in [0.29, 0.717) is 19.6 Å². The summed E-state index contributed by atoms with van der Waals surface area (Å²) in [6.45, 7) is 7.74. The number of H-pyrrole nitrogens is 1. The number of hydrogen-bond acceptors (Lipinski definition) is 2. The van der Waals surface area contributed by atoms with Crippen molar-refractivity contribution in [1.29, 1.82) is 0 Å². The van der Waals surface area contributed by atoms with Crippen molar-refractivity contribution >= 4 is 21.1 Å². The van der Waals surface area contributed by atoms with Crippen LogP contribution in [0.2, 0.25) is 0 Å². The Bertz CT molecular complexity index is 802. The summed E-state index contributed by atoms with van der Waals surface area (Å²) < 4.78 is 28.9. The van der Waals surface area contributed by atoms with Gasteiger partial charge in [0.05, 0.1) is 5.52 Å². The fourth-order valence-electron chi connectivity index (χ4n) is 3.12. The molecule has 1 aliphatic rings. The molecule has 6 heteroatoms. The maximum atomic E-state index is 12.3. The topological polar surface area (TPSA) is 65.2 Å². The second-order valence-corrected chi connectivity index (χ2v) is 7.91. The third-order valence-corrected chi connectivity index (χ3v) is 6.05. The Morgan fingerprint density at radius 1 is 1.18 bits per heavy atom. The predicted molar refractivity (Wildman–Crippen MR) is 89.1 cm³/mol. The van der Waals surface area contributed by atoms with E-state index in [9.17, 15) is 8.42 Å². The van der Waals surface area contributed by atoms with Crippen LogP contribution >= 0.6 is 0 Å². The van der Waals surface area contributed by atoms with Gasteiger partial charge in [-0.15, -0.1) is 0 Å². The summed E-state index contributed by atoms with van der Waals surface area (Å²) >= 11 is 0. The number of nitrogens with one attached hydrogen (secondary N) is 2. The van der Waals surface area contributed by atoms with E-state index in [4.69, 9.17) is 0 Å². The standard InChI is InChI=1S/C16H23N3O2S/c1-11-8-14(16-15(9-11)12(2)13(3)18-16)10-17-22(20,21)19-6-4-5-7-19/h8-9,17-18H,4-7,10H2,1-3H3. The van der Waals surface area contributed by atoms with Crippen LogP contribution in [0.1, 0.15) is 35.2 Å². The van der Waals surface area contributed by atoms with Gasteiger partial charge in [-0.3, -0.25) is 0 Å². The molecule has 0 bridgehead atoms. The van der Waals surface area contributed by atoms with E-state index in [-0.39, 0.29) is 0 Å². The molecule has 22 heavy (non-hydrogen) atoms. The molecule has 1 fully saturated rings. The van der Waals surface area contributed by atoms with Gasteiger partial charge in [0.2, 0.25) is 0 Å². The highest BCUT2D eigenvalue weighted by Crippen LogP contribution is 2.26. The summed E-state index contributed by atoms with van der Waals surface area (Å²) in [5.74, 6) is 0. The molecule has 120 valence electrons. The van der Waals surface area contributed by atoms with Gasteiger partial charge < -0.3 is 4.98 Å². The smallest absolute Gasteiger partial charge is 0.279 e. The largest absolute Gasteiger partial charge is 0.358 e. The zero-order valence-corrected chi connectivity index (χ0v) is 14.2. The molecule has 2 N–H and O–H groups in total. The Hall–Kier alpha value is -1.37. The van der Waals surface area contributed by atoms with Crippen molar-refractivity contribution in [2.24, 2.45) is 0 Å². The third kappa shape index (κ3) is 2.78.